The molecular weight excluding hydrogens is 410 g/mol. The molecule has 1 fully saturated rings. The number of non-ortho nitro benzene ring substituents is 1. The maximum absolute atomic E-state index is 12.4. The second-order valence-electron chi connectivity index (χ2n) is 7.01. The topological polar surface area (TPSA) is 142 Å². The number of hydrogen-bond acceptors (Lipinski definition) is 7. The maximum Gasteiger partial charge on any atom is 0.409 e. The summed E-state index contributed by atoms with van der Waals surface area (Å²) >= 11 is 0. The molecule has 31 heavy (non-hydrogen) atoms. The fraction of sp³-hybridized carbons (Fsp3) is 0.474. The van der Waals surface area contributed by atoms with Gasteiger partial charge in [0.25, 0.3) is 17.5 Å². The molecule has 166 valence electrons. The predicted octanol–water partition coefficient (Wildman–Crippen LogP) is 1.06. The lowest BCUT2D eigenvalue weighted by Gasteiger charge is -2.34. The summed E-state index contributed by atoms with van der Waals surface area (Å²) in [6.07, 6.45) is -0.0592. The van der Waals surface area contributed by atoms with E-state index in [1.165, 1.54) is 12.1 Å². The number of carbonyl (C=O) groups is 4. The van der Waals surface area contributed by atoms with Gasteiger partial charge < -0.3 is 19.9 Å². The highest BCUT2D eigenvalue weighted by atomic mass is 16.6. The molecule has 2 aliphatic heterocycles. The van der Waals surface area contributed by atoms with Gasteiger partial charge in [-0.25, -0.2) is 9.59 Å². The Morgan fingerprint density at radius 1 is 1.10 bits per heavy atom. The average molecular weight is 433 g/mol. The smallest absolute Gasteiger partial charge is 0.409 e. The Balaban J connectivity index is 1.43. The molecule has 12 nitrogen and oxygen atoms in total. The Bertz CT molecular complexity index is 911. The summed E-state index contributed by atoms with van der Waals surface area (Å²) in [4.78, 5) is 63.2. The number of benzene rings is 1. The van der Waals surface area contributed by atoms with Crippen LogP contribution in [0.1, 0.15) is 34.1 Å². The number of carbonyl (C=O) groups excluding carboxylic acids is 4. The van der Waals surface area contributed by atoms with Crippen LogP contribution < -0.4 is 5.32 Å². The van der Waals surface area contributed by atoms with Gasteiger partial charge >= 0.3 is 12.1 Å². The molecule has 0 saturated carbocycles. The third-order valence-corrected chi connectivity index (χ3v) is 5.09. The van der Waals surface area contributed by atoms with Crippen molar-refractivity contribution in [1.82, 2.24) is 20.0 Å². The van der Waals surface area contributed by atoms with Crippen molar-refractivity contribution in [1.29, 1.82) is 0 Å². The van der Waals surface area contributed by atoms with Gasteiger partial charge in [-0.3, -0.25) is 24.6 Å². The van der Waals surface area contributed by atoms with Gasteiger partial charge in [0, 0.05) is 51.4 Å². The molecule has 0 atom stereocenters. The number of nitro groups is 1. The second-order valence-corrected chi connectivity index (χ2v) is 7.01. The molecule has 0 aromatic heterocycles. The van der Waals surface area contributed by atoms with Crippen molar-refractivity contribution in [2.45, 2.75) is 13.3 Å². The molecular formula is C19H23N5O7. The number of nitrogens with zero attached hydrogens (tertiary/aromatic N) is 4. The molecule has 5 amide bonds. The number of nitrogens with one attached hydrogen (secondary N) is 1. The highest BCUT2D eigenvalue weighted by molar-refractivity contribution is 6.21. The van der Waals surface area contributed by atoms with Crippen molar-refractivity contribution in [3.63, 3.8) is 0 Å². The third kappa shape index (κ3) is 4.73. The SMILES string of the molecule is CCOC(=O)N1CCN(C(=O)NCCCN2C(=O)c3ccc([N+](=O)[O-])cc3C2=O)CC1. The summed E-state index contributed by atoms with van der Waals surface area (Å²) in [5.74, 6) is -1.08. The molecule has 0 radical (unpaired) electrons. The van der Waals surface area contributed by atoms with Crippen LogP contribution in [-0.4, -0.2) is 89.4 Å². The van der Waals surface area contributed by atoms with E-state index >= 15 is 0 Å². The van der Waals surface area contributed by atoms with Crippen LogP contribution in [0.15, 0.2) is 18.2 Å². The second kappa shape index (κ2) is 9.41. The zero-order valence-corrected chi connectivity index (χ0v) is 17.0. The van der Waals surface area contributed by atoms with Crippen LogP contribution in [0.3, 0.4) is 0 Å². The Kier molecular flexibility index (Phi) is 6.68. The van der Waals surface area contributed by atoms with Crippen LogP contribution in [0.25, 0.3) is 0 Å². The maximum atomic E-state index is 12.4. The summed E-state index contributed by atoms with van der Waals surface area (Å²) in [7, 11) is 0. The van der Waals surface area contributed by atoms with Crippen LogP contribution in [-0.2, 0) is 4.74 Å². The average Bonchev–Trinajstić information content (AvgIpc) is 3.00. The lowest BCUT2D eigenvalue weighted by atomic mass is 10.1. The lowest BCUT2D eigenvalue weighted by molar-refractivity contribution is -0.384. The van der Waals surface area contributed by atoms with Gasteiger partial charge in [-0.2, -0.15) is 0 Å². The van der Waals surface area contributed by atoms with Crippen molar-refractivity contribution in [3.8, 4) is 0 Å². The standard InChI is InChI=1S/C19H23N5O7/c1-2-31-19(28)22-10-8-21(9-11-22)18(27)20-6-3-7-23-16(25)14-5-4-13(24(29)30)12-15(14)17(23)26/h4-5,12H,2-3,6-11H2,1H3,(H,20,27). The number of urea groups is 1. The van der Waals surface area contributed by atoms with E-state index in [9.17, 15) is 29.3 Å². The Morgan fingerprint density at radius 2 is 1.74 bits per heavy atom. The van der Waals surface area contributed by atoms with E-state index in [1.807, 2.05) is 0 Å². The molecule has 3 rings (SSSR count). The van der Waals surface area contributed by atoms with Gasteiger partial charge in [-0.15, -0.1) is 0 Å². The molecule has 0 spiro atoms. The first-order chi connectivity index (χ1) is 14.8. The Hall–Kier alpha value is -3.70. The molecule has 0 bridgehead atoms. The molecule has 0 unspecified atom stereocenters. The molecule has 12 heteroatoms. The number of amides is 5. The van der Waals surface area contributed by atoms with Crippen LogP contribution in [0, 0.1) is 10.1 Å². The Labute approximate surface area is 177 Å². The van der Waals surface area contributed by atoms with E-state index < -0.39 is 22.8 Å². The van der Waals surface area contributed by atoms with Crippen molar-refractivity contribution in [2.75, 3.05) is 45.9 Å². The van der Waals surface area contributed by atoms with Crippen LogP contribution in [0.2, 0.25) is 0 Å². The first kappa shape index (κ1) is 22.0. The number of piperazine rings is 1. The summed E-state index contributed by atoms with van der Waals surface area (Å²) in [5.41, 5.74) is -0.0983. The fourth-order valence-corrected chi connectivity index (χ4v) is 3.45. The van der Waals surface area contributed by atoms with E-state index in [2.05, 4.69) is 5.32 Å². The van der Waals surface area contributed by atoms with Crippen molar-refractivity contribution in [2.24, 2.45) is 0 Å². The molecule has 1 N–H and O–H groups in total. The number of ether oxygens (including phenoxy) is 1. The van der Waals surface area contributed by atoms with Crippen LogP contribution in [0.4, 0.5) is 15.3 Å². The molecule has 1 saturated heterocycles. The molecule has 0 aliphatic carbocycles. The highest BCUT2D eigenvalue weighted by Gasteiger charge is 2.36. The lowest BCUT2D eigenvalue weighted by Crippen LogP contribution is -2.53. The van der Waals surface area contributed by atoms with Gasteiger partial charge in [-0.05, 0) is 19.4 Å². The minimum Gasteiger partial charge on any atom is -0.450 e. The predicted molar refractivity (Wildman–Crippen MR) is 107 cm³/mol. The van der Waals surface area contributed by atoms with Gasteiger partial charge in [0.1, 0.15) is 0 Å². The summed E-state index contributed by atoms with van der Waals surface area (Å²) in [6.45, 7) is 3.86. The third-order valence-electron chi connectivity index (χ3n) is 5.09. The monoisotopic (exact) mass is 433 g/mol. The van der Waals surface area contributed by atoms with E-state index in [1.54, 1.807) is 16.7 Å². The van der Waals surface area contributed by atoms with Gasteiger partial charge in [0.05, 0.1) is 22.7 Å². The van der Waals surface area contributed by atoms with Crippen LogP contribution in [0.5, 0.6) is 0 Å². The van der Waals surface area contributed by atoms with E-state index in [4.69, 9.17) is 4.74 Å². The first-order valence-electron chi connectivity index (χ1n) is 9.92. The van der Waals surface area contributed by atoms with Crippen molar-refractivity contribution >= 4 is 29.6 Å². The number of hydrogen-bond donors (Lipinski definition) is 1. The number of rotatable bonds is 6. The minimum atomic E-state index is -0.622. The van der Waals surface area contributed by atoms with E-state index in [0.29, 0.717) is 39.2 Å². The summed E-state index contributed by atoms with van der Waals surface area (Å²) in [6, 6.07) is 3.29. The summed E-state index contributed by atoms with van der Waals surface area (Å²) < 4.78 is 4.94. The van der Waals surface area contributed by atoms with Gasteiger partial charge in [0.2, 0.25) is 0 Å². The zero-order valence-electron chi connectivity index (χ0n) is 17.0. The molecule has 1 aromatic carbocycles. The molecule has 2 heterocycles. The highest BCUT2D eigenvalue weighted by Crippen LogP contribution is 2.26. The number of imide groups is 1. The van der Waals surface area contributed by atoms with Gasteiger partial charge in [-0.1, -0.05) is 0 Å². The van der Waals surface area contributed by atoms with Gasteiger partial charge in [0.15, 0.2) is 0 Å². The number of nitro benzene ring substituents is 1. The summed E-state index contributed by atoms with van der Waals surface area (Å²) in [5, 5.41) is 13.6. The van der Waals surface area contributed by atoms with Crippen molar-refractivity contribution < 1.29 is 28.8 Å². The largest absolute Gasteiger partial charge is 0.450 e. The minimum absolute atomic E-state index is 0.0164. The molecule has 2 aliphatic rings. The quantitative estimate of drug-likeness (QED) is 0.306. The first-order valence-corrected chi connectivity index (χ1v) is 9.92. The van der Waals surface area contributed by atoms with Crippen molar-refractivity contribution in [3.05, 3.63) is 39.4 Å². The van der Waals surface area contributed by atoms with E-state index in [-0.39, 0.29) is 35.9 Å². The Morgan fingerprint density at radius 3 is 2.39 bits per heavy atom. The fourth-order valence-electron chi connectivity index (χ4n) is 3.45. The zero-order chi connectivity index (χ0) is 22.5. The number of fused-ring (bicyclic) bond motifs is 1. The normalized spacial score (nSPS) is 15.7. The van der Waals surface area contributed by atoms with E-state index in [0.717, 1.165) is 11.0 Å². The van der Waals surface area contributed by atoms with Crippen LogP contribution >= 0.6 is 0 Å². The molecule has 1 aromatic rings.